The Hall–Kier alpha value is -2.47. The summed E-state index contributed by atoms with van der Waals surface area (Å²) in [6, 6.07) is 6.93. The Kier molecular flexibility index (Phi) is 7.87. The highest BCUT2D eigenvalue weighted by atomic mass is 35.5. The van der Waals surface area contributed by atoms with E-state index in [9.17, 15) is 9.65 Å². The number of aromatic nitrogens is 2. The fourth-order valence-corrected chi connectivity index (χ4v) is 4.73. The zero-order chi connectivity index (χ0) is 24.1. The summed E-state index contributed by atoms with van der Waals surface area (Å²) in [6.45, 7) is 3.38. The van der Waals surface area contributed by atoms with Gasteiger partial charge in [0.15, 0.2) is 0 Å². The van der Waals surface area contributed by atoms with Gasteiger partial charge in [0.25, 0.3) is 0 Å². The van der Waals surface area contributed by atoms with E-state index in [1.54, 1.807) is 25.4 Å². The molecule has 182 valence electrons. The van der Waals surface area contributed by atoms with Crippen molar-refractivity contribution in [2.75, 3.05) is 30.9 Å². The second-order valence-corrected chi connectivity index (χ2v) is 9.93. The molecule has 9 heteroatoms. The highest BCUT2D eigenvalue weighted by Gasteiger charge is 2.42. The van der Waals surface area contributed by atoms with Gasteiger partial charge in [-0.3, -0.25) is 0 Å². The number of nitriles is 1. The van der Waals surface area contributed by atoms with Crippen LogP contribution in [0.25, 0.3) is 11.1 Å². The van der Waals surface area contributed by atoms with Gasteiger partial charge in [0, 0.05) is 42.9 Å². The first-order valence-corrected chi connectivity index (χ1v) is 12.3. The third-order valence-electron chi connectivity index (χ3n) is 6.72. The van der Waals surface area contributed by atoms with E-state index >= 15 is 0 Å². The van der Waals surface area contributed by atoms with E-state index in [-0.39, 0.29) is 16.6 Å². The Balaban J connectivity index is 1.41. The van der Waals surface area contributed by atoms with Crippen LogP contribution in [0.1, 0.15) is 45.4 Å². The lowest BCUT2D eigenvalue weighted by molar-refractivity contribution is 0.161. The summed E-state index contributed by atoms with van der Waals surface area (Å²) >= 11 is 6.34. The van der Waals surface area contributed by atoms with E-state index in [2.05, 4.69) is 38.9 Å². The summed E-state index contributed by atoms with van der Waals surface area (Å²) in [5.41, 5.74) is 1.26. The number of hydrogen-bond acceptors (Lipinski definition) is 7. The molecule has 0 aromatic carbocycles. The zero-order valence-corrected chi connectivity index (χ0v) is 20.5. The molecule has 2 aromatic heterocycles. The predicted octanol–water partition coefficient (Wildman–Crippen LogP) is 5.00. The standard InChI is InChI=1S/C25H32ClFN6O/c1-16(13-34-2)32-17-3-5-18(6-4-17)33-23-10-20(22(27)12-29-23)21-9-19(11-30-24(21)26)31-15-25(14-28)7-8-25/h9-12,16-18,31-32H,3-8,13,15H2,1-2H3,(H,29,33)/t16-,17-,18-/m1/s1. The number of anilines is 2. The van der Waals surface area contributed by atoms with E-state index in [0.29, 0.717) is 47.9 Å². The van der Waals surface area contributed by atoms with Gasteiger partial charge in [0.05, 0.1) is 36.2 Å². The van der Waals surface area contributed by atoms with Gasteiger partial charge >= 0.3 is 0 Å². The van der Waals surface area contributed by atoms with Crippen LogP contribution < -0.4 is 16.0 Å². The SMILES string of the molecule is COC[C@@H](C)N[C@H]1CC[C@H](Nc2cc(-c3cc(NCC4(C#N)CC4)cnc3Cl)c(F)cn2)CC1. The summed E-state index contributed by atoms with van der Waals surface area (Å²) in [5.74, 6) is 0.165. The van der Waals surface area contributed by atoms with Gasteiger partial charge in [-0.25, -0.2) is 14.4 Å². The number of pyridine rings is 2. The van der Waals surface area contributed by atoms with E-state index in [0.717, 1.165) is 38.5 Å². The Morgan fingerprint density at radius 1 is 1.18 bits per heavy atom. The van der Waals surface area contributed by atoms with Crippen molar-refractivity contribution >= 4 is 23.1 Å². The second kappa shape index (κ2) is 10.9. The number of nitrogens with zero attached hydrogens (tertiary/aromatic N) is 3. The monoisotopic (exact) mass is 486 g/mol. The van der Waals surface area contributed by atoms with Gasteiger partial charge in [0.1, 0.15) is 16.8 Å². The maximum Gasteiger partial charge on any atom is 0.149 e. The first-order valence-electron chi connectivity index (χ1n) is 11.9. The Labute approximate surface area is 205 Å². The number of nitrogens with one attached hydrogen (secondary N) is 3. The molecule has 7 nitrogen and oxygen atoms in total. The van der Waals surface area contributed by atoms with Crippen molar-refractivity contribution in [3.05, 3.63) is 35.5 Å². The summed E-state index contributed by atoms with van der Waals surface area (Å²) in [6.07, 6.45) is 8.76. The van der Waals surface area contributed by atoms with Gasteiger partial charge in [0.2, 0.25) is 0 Å². The van der Waals surface area contributed by atoms with Crippen LogP contribution in [0.3, 0.4) is 0 Å². The van der Waals surface area contributed by atoms with Crippen molar-refractivity contribution in [2.24, 2.45) is 5.41 Å². The molecule has 2 aromatic rings. The van der Waals surface area contributed by atoms with Crippen molar-refractivity contribution in [1.29, 1.82) is 5.26 Å². The number of hydrogen-bond donors (Lipinski definition) is 3. The van der Waals surface area contributed by atoms with Crippen molar-refractivity contribution in [2.45, 2.75) is 63.6 Å². The first-order chi connectivity index (χ1) is 16.4. The first kappa shape index (κ1) is 24.6. The normalized spacial score (nSPS) is 22.0. The number of halogens is 2. The van der Waals surface area contributed by atoms with Crippen LogP contribution in [0.15, 0.2) is 24.5 Å². The van der Waals surface area contributed by atoms with Crippen LogP contribution in [0.4, 0.5) is 15.9 Å². The fraction of sp³-hybridized carbons (Fsp3) is 0.560. The molecule has 1 atom stereocenters. The van der Waals surface area contributed by atoms with E-state index in [1.165, 1.54) is 6.20 Å². The van der Waals surface area contributed by atoms with Gasteiger partial charge in [-0.15, -0.1) is 0 Å². The maximum atomic E-state index is 14.8. The lowest BCUT2D eigenvalue weighted by Gasteiger charge is -2.31. The number of ether oxygens (including phenoxy) is 1. The third kappa shape index (κ3) is 6.15. The quantitative estimate of drug-likeness (QED) is 0.407. The van der Waals surface area contributed by atoms with Gasteiger partial charge in [-0.2, -0.15) is 5.26 Å². The highest BCUT2D eigenvalue weighted by molar-refractivity contribution is 6.32. The smallest absolute Gasteiger partial charge is 0.149 e. The molecule has 2 saturated carbocycles. The molecule has 0 amide bonds. The van der Waals surface area contributed by atoms with Crippen LogP contribution in [0, 0.1) is 22.6 Å². The zero-order valence-electron chi connectivity index (χ0n) is 19.7. The van der Waals surface area contributed by atoms with E-state index < -0.39 is 5.82 Å². The molecular formula is C25H32ClFN6O. The highest BCUT2D eigenvalue weighted by Crippen LogP contribution is 2.45. The van der Waals surface area contributed by atoms with Crippen molar-refractivity contribution in [3.8, 4) is 17.2 Å². The summed E-state index contributed by atoms with van der Waals surface area (Å²) in [4.78, 5) is 8.49. The molecular weight excluding hydrogens is 455 g/mol. The van der Waals surface area contributed by atoms with Crippen LogP contribution in [0.2, 0.25) is 5.15 Å². The van der Waals surface area contributed by atoms with Crippen molar-refractivity contribution in [3.63, 3.8) is 0 Å². The maximum absolute atomic E-state index is 14.8. The summed E-state index contributed by atoms with van der Waals surface area (Å²) < 4.78 is 20.0. The molecule has 0 bridgehead atoms. The van der Waals surface area contributed by atoms with Gasteiger partial charge in [-0.05, 0) is 57.6 Å². The summed E-state index contributed by atoms with van der Waals surface area (Å²) in [5, 5.41) is 19.8. The van der Waals surface area contributed by atoms with Crippen LogP contribution >= 0.6 is 11.6 Å². The van der Waals surface area contributed by atoms with Gasteiger partial charge in [-0.1, -0.05) is 11.6 Å². The van der Waals surface area contributed by atoms with Crippen LogP contribution in [-0.4, -0.2) is 48.4 Å². The minimum Gasteiger partial charge on any atom is -0.383 e. The molecule has 0 unspecified atom stereocenters. The molecule has 2 aliphatic rings. The average molecular weight is 487 g/mol. The summed E-state index contributed by atoms with van der Waals surface area (Å²) in [7, 11) is 1.72. The molecule has 2 aliphatic carbocycles. The number of methoxy groups -OCH3 is 1. The molecule has 2 heterocycles. The molecule has 34 heavy (non-hydrogen) atoms. The topological polar surface area (TPSA) is 94.9 Å². The van der Waals surface area contributed by atoms with Gasteiger partial charge < -0.3 is 20.7 Å². The molecule has 4 rings (SSSR count). The molecule has 0 saturated heterocycles. The largest absolute Gasteiger partial charge is 0.383 e. The van der Waals surface area contributed by atoms with Crippen LogP contribution in [0.5, 0.6) is 0 Å². The minimum absolute atomic E-state index is 0.222. The average Bonchev–Trinajstić information content (AvgIpc) is 3.62. The number of rotatable bonds is 10. The lowest BCUT2D eigenvalue weighted by Crippen LogP contribution is -2.42. The Morgan fingerprint density at radius 2 is 1.91 bits per heavy atom. The molecule has 0 radical (unpaired) electrons. The molecule has 0 spiro atoms. The third-order valence-corrected chi connectivity index (χ3v) is 7.02. The second-order valence-electron chi connectivity index (χ2n) is 9.57. The van der Waals surface area contributed by atoms with Crippen molar-refractivity contribution in [1.82, 2.24) is 15.3 Å². The lowest BCUT2D eigenvalue weighted by atomic mass is 9.90. The van der Waals surface area contributed by atoms with Crippen LogP contribution in [-0.2, 0) is 4.74 Å². The predicted molar refractivity (Wildman–Crippen MR) is 132 cm³/mol. The Bertz CT molecular complexity index is 1030. The van der Waals surface area contributed by atoms with E-state index in [4.69, 9.17) is 16.3 Å². The minimum atomic E-state index is -0.456. The molecule has 3 N–H and O–H groups in total. The van der Waals surface area contributed by atoms with E-state index in [1.807, 2.05) is 0 Å². The van der Waals surface area contributed by atoms with Crippen molar-refractivity contribution < 1.29 is 9.13 Å². The molecule has 2 fully saturated rings. The Morgan fingerprint density at radius 3 is 2.59 bits per heavy atom. The molecule has 0 aliphatic heterocycles. The fourth-order valence-electron chi connectivity index (χ4n) is 4.52.